The van der Waals surface area contributed by atoms with Crippen molar-refractivity contribution in [2.75, 3.05) is 39.6 Å². The van der Waals surface area contributed by atoms with Crippen LogP contribution in [0.1, 0.15) is 388 Å². The maximum Gasteiger partial charge on any atom is 0.472 e. The van der Waals surface area contributed by atoms with Gasteiger partial charge in [-0.15, -0.1) is 0 Å². The van der Waals surface area contributed by atoms with Crippen LogP contribution in [-0.4, -0.2) is 96.7 Å². The summed E-state index contributed by atoms with van der Waals surface area (Å²) in [6.45, 7) is 9.51. The van der Waals surface area contributed by atoms with Gasteiger partial charge in [-0.2, -0.15) is 0 Å². The standard InChI is InChI=1S/C75H146O17P2/c1-7-9-11-13-15-17-18-19-20-21-22-23-24-25-28-32-35-41-47-53-59-74(79)91-70(64-86-73(78)58-52-46-40-34-31-29-26-27-30-33-37-43-49-55-67(3)4)65-89-93(81,82)87-61-69(76)62-88-94(83,84)90-66-71(63-85-72(77)57-51-45-39-16-14-12-10-8-2)92-75(80)60-54-48-42-36-38-44-50-56-68(5)6/h67-71,76H,7-66H2,1-6H3,(H,81,82)(H,83,84)/t69-,70-,71-/m1/s1. The summed E-state index contributed by atoms with van der Waals surface area (Å²) in [5.41, 5.74) is 0. The Morgan fingerprint density at radius 3 is 0.723 bits per heavy atom. The molecular formula is C75H146O17P2. The van der Waals surface area contributed by atoms with Crippen molar-refractivity contribution in [1.82, 2.24) is 0 Å². The van der Waals surface area contributed by atoms with E-state index in [0.29, 0.717) is 31.6 Å². The number of unbranched alkanes of at least 4 members (excludes halogenated alkanes) is 44. The summed E-state index contributed by atoms with van der Waals surface area (Å²) >= 11 is 0. The van der Waals surface area contributed by atoms with E-state index in [0.717, 1.165) is 102 Å². The van der Waals surface area contributed by atoms with Gasteiger partial charge >= 0.3 is 39.5 Å². The quantitative estimate of drug-likeness (QED) is 0.0222. The van der Waals surface area contributed by atoms with Crippen LogP contribution in [0, 0.1) is 11.8 Å². The first-order valence-electron chi connectivity index (χ1n) is 39.0. The summed E-state index contributed by atoms with van der Waals surface area (Å²) in [5, 5.41) is 10.6. The molecule has 0 amide bonds. The van der Waals surface area contributed by atoms with E-state index in [1.54, 1.807) is 0 Å². The fourth-order valence-electron chi connectivity index (χ4n) is 11.5. The minimum atomic E-state index is -4.96. The van der Waals surface area contributed by atoms with Crippen molar-refractivity contribution in [3.8, 4) is 0 Å². The van der Waals surface area contributed by atoms with E-state index in [4.69, 9.17) is 37.0 Å². The molecule has 94 heavy (non-hydrogen) atoms. The summed E-state index contributed by atoms with van der Waals surface area (Å²) in [6, 6.07) is 0. The van der Waals surface area contributed by atoms with Crippen molar-refractivity contribution in [2.45, 2.75) is 407 Å². The first kappa shape index (κ1) is 92.1. The number of carbonyl (C=O) groups is 4. The highest BCUT2D eigenvalue weighted by molar-refractivity contribution is 7.47. The van der Waals surface area contributed by atoms with E-state index in [9.17, 15) is 43.2 Å². The largest absolute Gasteiger partial charge is 0.472 e. The van der Waals surface area contributed by atoms with Gasteiger partial charge in [-0.05, 0) is 37.5 Å². The maximum absolute atomic E-state index is 13.1. The molecule has 0 aliphatic heterocycles. The number of ether oxygens (including phenoxy) is 4. The minimum absolute atomic E-state index is 0.103. The summed E-state index contributed by atoms with van der Waals surface area (Å²) in [6.07, 6.45) is 54.4. The molecule has 3 N–H and O–H groups in total. The predicted octanol–water partition coefficient (Wildman–Crippen LogP) is 21.9. The number of esters is 4. The molecule has 0 aromatic carbocycles. The van der Waals surface area contributed by atoms with Gasteiger partial charge in [-0.1, -0.05) is 337 Å². The lowest BCUT2D eigenvalue weighted by atomic mass is 10.0. The molecule has 0 bridgehead atoms. The number of phosphoric ester groups is 2. The van der Waals surface area contributed by atoms with Gasteiger partial charge in [0.2, 0.25) is 0 Å². The van der Waals surface area contributed by atoms with E-state index >= 15 is 0 Å². The van der Waals surface area contributed by atoms with Crippen LogP contribution in [0.5, 0.6) is 0 Å². The Labute approximate surface area is 575 Å². The number of hydrogen-bond acceptors (Lipinski definition) is 15. The lowest BCUT2D eigenvalue weighted by Crippen LogP contribution is -2.30. The van der Waals surface area contributed by atoms with Crippen molar-refractivity contribution >= 4 is 39.5 Å². The average Bonchev–Trinajstić information content (AvgIpc) is 1.76. The Hall–Kier alpha value is -1.94. The Bertz CT molecular complexity index is 1820. The predicted molar refractivity (Wildman–Crippen MR) is 381 cm³/mol. The second-order valence-electron chi connectivity index (χ2n) is 28.0. The number of phosphoric acid groups is 2. The molecule has 19 heteroatoms. The minimum Gasteiger partial charge on any atom is -0.462 e. The Balaban J connectivity index is 5.18. The molecule has 0 saturated carbocycles. The fraction of sp³-hybridized carbons (Fsp3) is 0.947. The zero-order valence-corrected chi connectivity index (χ0v) is 63.1. The van der Waals surface area contributed by atoms with Crippen molar-refractivity contribution < 1.29 is 80.2 Å². The lowest BCUT2D eigenvalue weighted by Gasteiger charge is -2.21. The van der Waals surface area contributed by atoms with Crippen LogP contribution in [-0.2, 0) is 65.4 Å². The van der Waals surface area contributed by atoms with E-state index in [1.165, 1.54) is 199 Å². The molecule has 0 aliphatic rings. The van der Waals surface area contributed by atoms with Crippen LogP contribution in [0.4, 0.5) is 0 Å². The highest BCUT2D eigenvalue weighted by Crippen LogP contribution is 2.45. The molecule has 0 spiro atoms. The molecule has 2 unspecified atom stereocenters. The van der Waals surface area contributed by atoms with Gasteiger partial charge < -0.3 is 33.8 Å². The Kier molecular flexibility index (Phi) is 65.5. The van der Waals surface area contributed by atoms with Gasteiger partial charge in [0, 0.05) is 25.7 Å². The topological polar surface area (TPSA) is 237 Å². The molecule has 17 nitrogen and oxygen atoms in total. The van der Waals surface area contributed by atoms with Crippen LogP contribution in [0.3, 0.4) is 0 Å². The van der Waals surface area contributed by atoms with Crippen LogP contribution >= 0.6 is 15.6 Å². The Morgan fingerprint density at radius 1 is 0.287 bits per heavy atom. The maximum atomic E-state index is 13.1. The van der Waals surface area contributed by atoms with Crippen molar-refractivity contribution in [3.63, 3.8) is 0 Å². The first-order chi connectivity index (χ1) is 45.4. The zero-order chi connectivity index (χ0) is 69.3. The highest BCUT2D eigenvalue weighted by atomic mass is 31.2. The van der Waals surface area contributed by atoms with Gasteiger partial charge in [0.05, 0.1) is 26.4 Å². The number of hydrogen-bond donors (Lipinski definition) is 3. The monoisotopic (exact) mass is 1380 g/mol. The average molecular weight is 1380 g/mol. The molecular weight excluding hydrogens is 1230 g/mol. The molecule has 0 aromatic heterocycles. The summed E-state index contributed by atoms with van der Waals surface area (Å²) in [7, 11) is -9.90. The molecule has 0 saturated heterocycles. The lowest BCUT2D eigenvalue weighted by molar-refractivity contribution is -0.161. The molecule has 0 rings (SSSR count). The van der Waals surface area contributed by atoms with Gasteiger partial charge in [0.1, 0.15) is 19.3 Å². The van der Waals surface area contributed by atoms with Gasteiger partial charge in [0.15, 0.2) is 12.2 Å². The fourth-order valence-corrected chi connectivity index (χ4v) is 13.1. The number of aliphatic hydroxyl groups excluding tert-OH is 1. The number of rotatable bonds is 74. The molecule has 558 valence electrons. The third-order valence-electron chi connectivity index (χ3n) is 17.5. The first-order valence-corrected chi connectivity index (χ1v) is 42.0. The summed E-state index contributed by atoms with van der Waals surface area (Å²) in [4.78, 5) is 72.6. The molecule has 0 fully saturated rings. The van der Waals surface area contributed by atoms with Crippen molar-refractivity contribution in [2.24, 2.45) is 11.8 Å². The summed E-state index contributed by atoms with van der Waals surface area (Å²) < 4.78 is 68.4. The third kappa shape index (κ3) is 68.6. The van der Waals surface area contributed by atoms with Crippen LogP contribution in [0.2, 0.25) is 0 Å². The van der Waals surface area contributed by atoms with E-state index in [1.807, 2.05) is 0 Å². The van der Waals surface area contributed by atoms with Crippen molar-refractivity contribution in [1.29, 1.82) is 0 Å². The second kappa shape index (κ2) is 66.9. The highest BCUT2D eigenvalue weighted by Gasteiger charge is 2.30. The van der Waals surface area contributed by atoms with Crippen molar-refractivity contribution in [3.05, 3.63) is 0 Å². The number of carbonyl (C=O) groups excluding carboxylic acids is 4. The van der Waals surface area contributed by atoms with Gasteiger partial charge in [0.25, 0.3) is 0 Å². The third-order valence-corrected chi connectivity index (χ3v) is 19.4. The van der Waals surface area contributed by atoms with Gasteiger partial charge in [-0.3, -0.25) is 37.3 Å². The van der Waals surface area contributed by atoms with Gasteiger partial charge in [-0.25, -0.2) is 9.13 Å². The molecule has 0 heterocycles. The smallest absolute Gasteiger partial charge is 0.462 e. The van der Waals surface area contributed by atoms with E-state index < -0.39 is 97.5 Å². The number of aliphatic hydroxyl groups is 1. The van der Waals surface area contributed by atoms with Crippen LogP contribution < -0.4 is 0 Å². The van der Waals surface area contributed by atoms with Crippen LogP contribution in [0.15, 0.2) is 0 Å². The summed E-state index contributed by atoms with van der Waals surface area (Å²) in [5.74, 6) is -0.636. The van der Waals surface area contributed by atoms with E-state index in [2.05, 4.69) is 41.5 Å². The SMILES string of the molecule is CCCCCCCCCCCCCCCCCCCCCCC(=O)O[C@H](COC(=O)CCCCCCCCCCCCCCCC(C)C)COP(=O)(O)OC[C@@H](O)COP(=O)(O)OC[C@@H](COC(=O)CCCCCCCCCC)OC(=O)CCCCCCCCCC(C)C. The molecule has 0 radical (unpaired) electrons. The van der Waals surface area contributed by atoms with Crippen LogP contribution in [0.25, 0.3) is 0 Å². The molecule has 5 atom stereocenters. The molecule has 0 aromatic rings. The molecule has 0 aliphatic carbocycles. The normalized spacial score (nSPS) is 14.0. The zero-order valence-electron chi connectivity index (χ0n) is 61.3. The van der Waals surface area contributed by atoms with E-state index in [-0.39, 0.29) is 25.7 Å². The Morgan fingerprint density at radius 2 is 0.489 bits per heavy atom. The second-order valence-corrected chi connectivity index (χ2v) is 30.9.